The molecule has 1 saturated heterocycles. The zero-order chi connectivity index (χ0) is 24.8. The van der Waals surface area contributed by atoms with Crippen LogP contribution < -0.4 is 10.6 Å². The van der Waals surface area contributed by atoms with Crippen molar-refractivity contribution in [2.45, 2.75) is 77.8 Å². The van der Waals surface area contributed by atoms with Crippen LogP contribution in [0.4, 0.5) is 10.5 Å². The number of hydrogen-bond acceptors (Lipinski definition) is 5. The van der Waals surface area contributed by atoms with Crippen molar-refractivity contribution in [3.05, 3.63) is 30.1 Å². The lowest BCUT2D eigenvalue weighted by molar-refractivity contribution is -0.136. The van der Waals surface area contributed by atoms with E-state index >= 15 is 0 Å². The molecule has 3 aliphatic rings. The van der Waals surface area contributed by atoms with Gasteiger partial charge in [0.2, 0.25) is 5.91 Å². The standard InChI is InChI=1S/C26H34N6O3/c1-17-13-25(2,3)16-26(14-17)23(34)32(24(35)28-26)15-21(33)27-19-9-7-8-18(12-19)22-30-29-20-10-5-4-6-11-31(20)22/h7-9,12,17H,4-6,10-11,13-16H2,1-3H3,(H,27,33)(H,28,35)/t17-,26+/m0/s1. The van der Waals surface area contributed by atoms with Crippen LogP contribution in [0.15, 0.2) is 24.3 Å². The van der Waals surface area contributed by atoms with Crippen LogP contribution in [0.25, 0.3) is 11.4 Å². The first-order chi connectivity index (χ1) is 16.7. The Hall–Kier alpha value is -3.23. The van der Waals surface area contributed by atoms with Crippen LogP contribution in [-0.2, 0) is 22.6 Å². The second-order valence-corrected chi connectivity index (χ2v) is 11.3. The smallest absolute Gasteiger partial charge is 0.325 e. The summed E-state index contributed by atoms with van der Waals surface area (Å²) in [4.78, 5) is 40.0. The largest absolute Gasteiger partial charge is 0.325 e. The van der Waals surface area contributed by atoms with Crippen molar-refractivity contribution in [1.82, 2.24) is 25.0 Å². The van der Waals surface area contributed by atoms with Crippen LogP contribution in [0.3, 0.4) is 0 Å². The zero-order valence-corrected chi connectivity index (χ0v) is 20.8. The molecule has 4 amide bonds. The summed E-state index contributed by atoms with van der Waals surface area (Å²) in [5.41, 5.74) is 0.492. The Morgan fingerprint density at radius 2 is 2.00 bits per heavy atom. The van der Waals surface area contributed by atoms with Crippen molar-refractivity contribution in [3.8, 4) is 11.4 Å². The van der Waals surface area contributed by atoms with Gasteiger partial charge in [-0.2, -0.15) is 0 Å². The first-order valence-corrected chi connectivity index (χ1v) is 12.6. The molecule has 1 aromatic heterocycles. The molecule has 1 aromatic carbocycles. The van der Waals surface area contributed by atoms with Gasteiger partial charge < -0.3 is 15.2 Å². The number of carbonyl (C=O) groups excluding carboxylic acids is 3. The van der Waals surface area contributed by atoms with Gasteiger partial charge in [0.15, 0.2) is 5.82 Å². The molecule has 2 aromatic rings. The molecule has 35 heavy (non-hydrogen) atoms. The predicted molar refractivity (Wildman–Crippen MR) is 131 cm³/mol. The van der Waals surface area contributed by atoms with Gasteiger partial charge in [-0.25, -0.2) is 4.79 Å². The van der Waals surface area contributed by atoms with Gasteiger partial charge in [-0.1, -0.05) is 39.3 Å². The maximum absolute atomic E-state index is 13.3. The topological polar surface area (TPSA) is 109 Å². The van der Waals surface area contributed by atoms with E-state index in [2.05, 4.69) is 46.2 Å². The number of benzene rings is 1. The molecule has 2 N–H and O–H groups in total. The van der Waals surface area contributed by atoms with Gasteiger partial charge >= 0.3 is 6.03 Å². The van der Waals surface area contributed by atoms with Gasteiger partial charge in [0.05, 0.1) is 0 Å². The number of carbonyl (C=O) groups is 3. The zero-order valence-electron chi connectivity index (χ0n) is 20.8. The van der Waals surface area contributed by atoms with E-state index in [1.807, 2.05) is 18.2 Å². The Balaban J connectivity index is 1.29. The van der Waals surface area contributed by atoms with Gasteiger partial charge in [-0.05, 0) is 55.6 Å². The fourth-order valence-electron chi connectivity index (χ4n) is 6.43. The Morgan fingerprint density at radius 3 is 2.80 bits per heavy atom. The number of aromatic nitrogens is 3. The highest BCUT2D eigenvalue weighted by molar-refractivity contribution is 6.10. The summed E-state index contributed by atoms with van der Waals surface area (Å²) in [6.07, 6.45) is 6.50. The summed E-state index contributed by atoms with van der Waals surface area (Å²) >= 11 is 0. The van der Waals surface area contributed by atoms with E-state index in [0.29, 0.717) is 24.4 Å². The van der Waals surface area contributed by atoms with Crippen molar-refractivity contribution >= 4 is 23.5 Å². The number of nitrogens with zero attached hydrogens (tertiary/aromatic N) is 4. The number of amides is 4. The van der Waals surface area contributed by atoms with Gasteiger partial charge in [0.25, 0.3) is 5.91 Å². The Morgan fingerprint density at radius 1 is 1.17 bits per heavy atom. The molecule has 2 atom stereocenters. The van der Waals surface area contributed by atoms with E-state index in [1.54, 1.807) is 6.07 Å². The molecule has 186 valence electrons. The van der Waals surface area contributed by atoms with E-state index in [-0.39, 0.29) is 17.9 Å². The molecule has 1 saturated carbocycles. The summed E-state index contributed by atoms with van der Waals surface area (Å²) in [6, 6.07) is 6.97. The van der Waals surface area contributed by atoms with Crippen LogP contribution in [0.1, 0.15) is 65.1 Å². The summed E-state index contributed by atoms with van der Waals surface area (Å²) in [5, 5.41) is 14.5. The normalized spacial score (nSPS) is 25.8. The van der Waals surface area contributed by atoms with E-state index in [0.717, 1.165) is 54.3 Å². The van der Waals surface area contributed by atoms with Crippen LogP contribution in [0.5, 0.6) is 0 Å². The maximum atomic E-state index is 13.3. The quantitative estimate of drug-likeness (QED) is 0.651. The lowest BCUT2D eigenvalue weighted by atomic mass is 9.64. The Kier molecular flexibility index (Phi) is 5.89. The molecule has 0 bridgehead atoms. The molecule has 2 aliphatic heterocycles. The summed E-state index contributed by atoms with van der Waals surface area (Å²) in [7, 11) is 0. The molecule has 9 nitrogen and oxygen atoms in total. The van der Waals surface area contributed by atoms with Crippen molar-refractivity contribution in [2.75, 3.05) is 11.9 Å². The second-order valence-electron chi connectivity index (χ2n) is 11.3. The molecule has 1 aliphatic carbocycles. The number of hydrogen-bond donors (Lipinski definition) is 2. The molecule has 3 heterocycles. The number of rotatable bonds is 4. The van der Waals surface area contributed by atoms with E-state index in [9.17, 15) is 14.4 Å². The van der Waals surface area contributed by atoms with Crippen molar-refractivity contribution in [3.63, 3.8) is 0 Å². The highest BCUT2D eigenvalue weighted by atomic mass is 16.2. The minimum Gasteiger partial charge on any atom is -0.325 e. The first kappa shape index (κ1) is 23.5. The molecule has 1 spiro atoms. The Labute approximate surface area is 205 Å². The lowest BCUT2D eigenvalue weighted by Gasteiger charge is -2.43. The van der Waals surface area contributed by atoms with Crippen molar-refractivity contribution in [2.24, 2.45) is 11.3 Å². The van der Waals surface area contributed by atoms with E-state index in [1.165, 1.54) is 6.42 Å². The Bertz CT molecular complexity index is 1170. The molecule has 2 fully saturated rings. The SMILES string of the molecule is C[C@H]1CC(C)(C)C[C@@]2(C1)NC(=O)N(CC(=O)Nc1cccc(-c3nnc4n3CCCCC4)c1)C2=O. The molecule has 9 heteroatoms. The van der Waals surface area contributed by atoms with Crippen LogP contribution >= 0.6 is 0 Å². The number of fused-ring (bicyclic) bond motifs is 1. The number of urea groups is 1. The summed E-state index contributed by atoms with van der Waals surface area (Å²) < 4.78 is 2.16. The highest BCUT2D eigenvalue weighted by Crippen LogP contribution is 2.46. The molecular weight excluding hydrogens is 444 g/mol. The van der Waals surface area contributed by atoms with Crippen LogP contribution in [0.2, 0.25) is 0 Å². The van der Waals surface area contributed by atoms with E-state index in [4.69, 9.17) is 0 Å². The third-order valence-corrected chi connectivity index (χ3v) is 7.44. The van der Waals surface area contributed by atoms with Crippen molar-refractivity contribution in [1.29, 1.82) is 0 Å². The predicted octanol–water partition coefficient (Wildman–Crippen LogP) is 3.75. The number of anilines is 1. The molecule has 5 rings (SSSR count). The third-order valence-electron chi connectivity index (χ3n) is 7.44. The fraction of sp³-hybridized carbons (Fsp3) is 0.577. The first-order valence-electron chi connectivity index (χ1n) is 12.6. The second kappa shape index (κ2) is 8.77. The monoisotopic (exact) mass is 478 g/mol. The number of nitrogens with one attached hydrogen (secondary N) is 2. The van der Waals surface area contributed by atoms with Gasteiger partial charge in [0.1, 0.15) is 17.9 Å². The number of aryl methyl sites for hydroxylation is 1. The summed E-state index contributed by atoms with van der Waals surface area (Å²) in [6.45, 7) is 6.93. The average molecular weight is 479 g/mol. The lowest BCUT2D eigenvalue weighted by Crippen LogP contribution is -2.54. The minimum atomic E-state index is -0.913. The highest BCUT2D eigenvalue weighted by Gasteiger charge is 2.56. The van der Waals surface area contributed by atoms with Gasteiger partial charge in [-0.3, -0.25) is 14.5 Å². The molecule has 0 unspecified atom stereocenters. The van der Waals surface area contributed by atoms with Gasteiger partial charge in [-0.15, -0.1) is 10.2 Å². The molecule has 0 radical (unpaired) electrons. The van der Waals surface area contributed by atoms with Gasteiger partial charge in [0, 0.05) is 24.2 Å². The molecular formula is C26H34N6O3. The maximum Gasteiger partial charge on any atom is 0.325 e. The third kappa shape index (κ3) is 4.56. The van der Waals surface area contributed by atoms with Crippen molar-refractivity contribution < 1.29 is 14.4 Å². The summed E-state index contributed by atoms with van der Waals surface area (Å²) in [5.74, 6) is 1.40. The van der Waals surface area contributed by atoms with Crippen LogP contribution in [0, 0.1) is 11.3 Å². The average Bonchev–Trinajstić information content (AvgIpc) is 3.15. The number of imide groups is 1. The fourth-order valence-corrected chi connectivity index (χ4v) is 6.43. The van der Waals surface area contributed by atoms with Crippen LogP contribution in [-0.4, -0.2) is 49.6 Å². The van der Waals surface area contributed by atoms with E-state index < -0.39 is 17.5 Å². The minimum absolute atomic E-state index is 0.0563.